The van der Waals surface area contributed by atoms with Crippen molar-refractivity contribution in [1.29, 1.82) is 0 Å². The van der Waals surface area contributed by atoms with E-state index >= 15 is 0 Å². The molecule has 0 radical (unpaired) electrons. The molecule has 1 fully saturated rings. The maximum atomic E-state index is 11.6. The number of likely N-dealkylation sites (N-methyl/N-ethyl adjacent to an activating group) is 1. The van der Waals surface area contributed by atoms with Crippen LogP contribution in [0.25, 0.3) is 0 Å². The fraction of sp³-hybridized carbons (Fsp3) is 0.917. The maximum Gasteiger partial charge on any atom is 0.225 e. The lowest BCUT2D eigenvalue weighted by Crippen LogP contribution is -2.42. The molecule has 1 N–H and O–H groups in total. The van der Waals surface area contributed by atoms with Gasteiger partial charge < -0.3 is 15.0 Å². The van der Waals surface area contributed by atoms with Gasteiger partial charge in [0, 0.05) is 25.0 Å². The molecule has 0 spiro atoms. The topological polar surface area (TPSA) is 41.6 Å². The third-order valence-electron chi connectivity index (χ3n) is 2.77. The molecule has 1 heterocycles. The Morgan fingerprint density at radius 3 is 2.75 bits per heavy atom. The average Bonchev–Trinajstić information content (AvgIpc) is 2.16. The van der Waals surface area contributed by atoms with Gasteiger partial charge in [-0.1, -0.05) is 20.8 Å². The Bertz CT molecular complexity index is 236. The van der Waals surface area contributed by atoms with Crippen molar-refractivity contribution < 1.29 is 9.53 Å². The number of carbonyl (C=O) groups is 1. The first-order chi connectivity index (χ1) is 7.39. The minimum atomic E-state index is -0.301. The van der Waals surface area contributed by atoms with Crippen molar-refractivity contribution in [3.63, 3.8) is 0 Å². The van der Waals surface area contributed by atoms with E-state index in [1.807, 2.05) is 20.8 Å². The maximum absolute atomic E-state index is 11.6. The Labute approximate surface area is 98.3 Å². The summed E-state index contributed by atoms with van der Waals surface area (Å²) in [6, 6.07) is 0. The number of carbonyl (C=O) groups excluding carboxylic acids is 1. The minimum absolute atomic E-state index is 0.108. The molecule has 0 aromatic rings. The first-order valence-electron chi connectivity index (χ1n) is 5.98. The van der Waals surface area contributed by atoms with Crippen LogP contribution < -0.4 is 5.32 Å². The first kappa shape index (κ1) is 13.5. The van der Waals surface area contributed by atoms with E-state index < -0.39 is 0 Å². The summed E-state index contributed by atoms with van der Waals surface area (Å²) >= 11 is 0. The third-order valence-corrected chi connectivity index (χ3v) is 2.77. The van der Waals surface area contributed by atoms with Crippen molar-refractivity contribution in [3.05, 3.63) is 0 Å². The molecule has 0 saturated carbocycles. The smallest absolute Gasteiger partial charge is 0.225 e. The van der Waals surface area contributed by atoms with Gasteiger partial charge in [0.15, 0.2) is 0 Å². The van der Waals surface area contributed by atoms with Crippen molar-refractivity contribution in [2.24, 2.45) is 5.41 Å². The molecule has 1 aliphatic heterocycles. The molecule has 0 bridgehead atoms. The van der Waals surface area contributed by atoms with E-state index in [2.05, 4.69) is 17.3 Å². The van der Waals surface area contributed by atoms with Crippen LogP contribution >= 0.6 is 0 Å². The first-order valence-corrected chi connectivity index (χ1v) is 5.98. The molecule has 1 amide bonds. The highest BCUT2D eigenvalue weighted by atomic mass is 16.5. The molecule has 1 atom stereocenters. The fourth-order valence-corrected chi connectivity index (χ4v) is 1.65. The van der Waals surface area contributed by atoms with E-state index in [0.717, 1.165) is 26.1 Å². The van der Waals surface area contributed by atoms with Gasteiger partial charge in [-0.05, 0) is 13.5 Å². The standard InChI is InChI=1S/C12H24N2O2/c1-12(2,3)11(15)13-6-5-10-9-14(4)7-8-16-10/h10H,5-9H2,1-4H3,(H,13,15). The van der Waals surface area contributed by atoms with E-state index in [1.165, 1.54) is 0 Å². The summed E-state index contributed by atoms with van der Waals surface area (Å²) < 4.78 is 5.62. The largest absolute Gasteiger partial charge is 0.375 e. The van der Waals surface area contributed by atoms with Gasteiger partial charge >= 0.3 is 0 Å². The number of morpholine rings is 1. The Hall–Kier alpha value is -0.610. The Morgan fingerprint density at radius 1 is 1.50 bits per heavy atom. The molecule has 0 aromatic carbocycles. The molecule has 16 heavy (non-hydrogen) atoms. The van der Waals surface area contributed by atoms with E-state index in [-0.39, 0.29) is 17.4 Å². The van der Waals surface area contributed by atoms with Gasteiger partial charge in [-0.25, -0.2) is 0 Å². The summed E-state index contributed by atoms with van der Waals surface area (Å²) in [6.45, 7) is 9.24. The zero-order chi connectivity index (χ0) is 12.2. The average molecular weight is 228 g/mol. The molecule has 0 aliphatic carbocycles. The van der Waals surface area contributed by atoms with Crippen molar-refractivity contribution in [2.45, 2.75) is 33.3 Å². The molecule has 4 nitrogen and oxygen atoms in total. The van der Waals surface area contributed by atoms with Gasteiger partial charge in [-0.2, -0.15) is 0 Å². The fourth-order valence-electron chi connectivity index (χ4n) is 1.65. The van der Waals surface area contributed by atoms with Crippen molar-refractivity contribution in [3.8, 4) is 0 Å². The van der Waals surface area contributed by atoms with Gasteiger partial charge in [0.05, 0.1) is 12.7 Å². The molecular formula is C12H24N2O2. The summed E-state index contributed by atoms with van der Waals surface area (Å²) in [5, 5.41) is 2.95. The highest BCUT2D eigenvalue weighted by Gasteiger charge is 2.22. The van der Waals surface area contributed by atoms with Crippen molar-refractivity contribution >= 4 is 5.91 Å². The predicted molar refractivity (Wildman–Crippen MR) is 64.3 cm³/mol. The molecule has 4 heteroatoms. The van der Waals surface area contributed by atoms with Gasteiger partial charge in [0.2, 0.25) is 5.91 Å². The van der Waals surface area contributed by atoms with Gasteiger partial charge in [-0.15, -0.1) is 0 Å². The Kier molecular flexibility index (Phi) is 4.74. The monoisotopic (exact) mass is 228 g/mol. The van der Waals surface area contributed by atoms with Crippen LogP contribution in [0.3, 0.4) is 0 Å². The Morgan fingerprint density at radius 2 is 2.19 bits per heavy atom. The van der Waals surface area contributed by atoms with Crippen LogP contribution in [-0.4, -0.2) is 50.2 Å². The van der Waals surface area contributed by atoms with Gasteiger partial charge in [0.1, 0.15) is 0 Å². The normalized spacial score (nSPS) is 23.1. The highest BCUT2D eigenvalue weighted by molar-refractivity contribution is 5.81. The summed E-state index contributed by atoms with van der Waals surface area (Å²) in [7, 11) is 2.10. The quantitative estimate of drug-likeness (QED) is 0.779. The molecule has 1 saturated heterocycles. The lowest BCUT2D eigenvalue weighted by molar-refractivity contribution is -0.128. The van der Waals surface area contributed by atoms with Gasteiger partial charge in [0.25, 0.3) is 0 Å². The number of hydrogen-bond donors (Lipinski definition) is 1. The molecule has 0 aromatic heterocycles. The van der Waals surface area contributed by atoms with Crippen LogP contribution in [0.1, 0.15) is 27.2 Å². The van der Waals surface area contributed by atoms with Crippen LogP contribution in [0.5, 0.6) is 0 Å². The zero-order valence-electron chi connectivity index (χ0n) is 10.9. The van der Waals surface area contributed by atoms with E-state index in [4.69, 9.17) is 4.74 Å². The lowest BCUT2D eigenvalue weighted by Gasteiger charge is -2.30. The Balaban J connectivity index is 2.18. The molecule has 1 unspecified atom stereocenters. The summed E-state index contributed by atoms with van der Waals surface area (Å²) in [6.07, 6.45) is 1.16. The number of hydrogen-bond acceptors (Lipinski definition) is 3. The summed E-state index contributed by atoms with van der Waals surface area (Å²) in [5.41, 5.74) is -0.301. The van der Waals surface area contributed by atoms with E-state index in [1.54, 1.807) is 0 Å². The zero-order valence-corrected chi connectivity index (χ0v) is 10.9. The summed E-state index contributed by atoms with van der Waals surface area (Å²) in [4.78, 5) is 13.9. The molecule has 1 rings (SSSR count). The molecule has 1 aliphatic rings. The van der Waals surface area contributed by atoms with Crippen molar-refractivity contribution in [1.82, 2.24) is 10.2 Å². The SMILES string of the molecule is CN1CCOC(CCNC(=O)C(C)(C)C)C1. The molecule has 94 valence electrons. The van der Waals surface area contributed by atoms with Crippen LogP contribution in [-0.2, 0) is 9.53 Å². The highest BCUT2D eigenvalue weighted by Crippen LogP contribution is 2.12. The van der Waals surface area contributed by atoms with Crippen LogP contribution in [0.2, 0.25) is 0 Å². The lowest BCUT2D eigenvalue weighted by atomic mass is 9.95. The second-order valence-corrected chi connectivity index (χ2v) is 5.55. The minimum Gasteiger partial charge on any atom is -0.375 e. The second kappa shape index (κ2) is 5.64. The second-order valence-electron chi connectivity index (χ2n) is 5.55. The number of ether oxygens (including phenoxy) is 1. The number of rotatable bonds is 3. The summed E-state index contributed by atoms with van der Waals surface area (Å²) in [5.74, 6) is 0.108. The number of nitrogens with zero attached hydrogens (tertiary/aromatic N) is 1. The number of amides is 1. The third kappa shape index (κ3) is 4.49. The van der Waals surface area contributed by atoms with E-state index in [0.29, 0.717) is 6.54 Å². The van der Waals surface area contributed by atoms with Crippen molar-refractivity contribution in [2.75, 3.05) is 33.3 Å². The van der Waals surface area contributed by atoms with Gasteiger partial charge in [-0.3, -0.25) is 4.79 Å². The van der Waals surface area contributed by atoms with Crippen LogP contribution in [0, 0.1) is 5.41 Å². The van der Waals surface area contributed by atoms with E-state index in [9.17, 15) is 4.79 Å². The van der Waals surface area contributed by atoms with Crippen LogP contribution in [0.4, 0.5) is 0 Å². The number of nitrogens with one attached hydrogen (secondary N) is 1. The molecular weight excluding hydrogens is 204 g/mol. The predicted octanol–water partition coefficient (Wildman–Crippen LogP) is 0.869. The van der Waals surface area contributed by atoms with Crippen LogP contribution in [0.15, 0.2) is 0 Å².